The molecule has 1 heterocycles. The fourth-order valence-electron chi connectivity index (χ4n) is 0.895. The Morgan fingerprint density at radius 2 is 2.40 bits per heavy atom. The molecule has 1 aromatic carbocycles. The van der Waals surface area contributed by atoms with Crippen LogP contribution in [0.15, 0.2) is 18.2 Å². The van der Waals surface area contributed by atoms with Crippen molar-refractivity contribution in [2.24, 2.45) is 0 Å². The molecule has 0 aliphatic carbocycles. The van der Waals surface area contributed by atoms with Crippen LogP contribution >= 0.6 is 0 Å². The van der Waals surface area contributed by atoms with Crippen molar-refractivity contribution in [2.45, 2.75) is 0 Å². The smallest absolute Gasteiger partial charge is 0.250 e. The van der Waals surface area contributed by atoms with Crippen molar-refractivity contribution >= 4 is 16.7 Å². The highest BCUT2D eigenvalue weighted by Gasteiger charge is 2.02. The maximum Gasteiger partial charge on any atom is 0.250 e. The van der Waals surface area contributed by atoms with Crippen molar-refractivity contribution in [1.82, 2.24) is 10.3 Å². The minimum atomic E-state index is 0.730. The summed E-state index contributed by atoms with van der Waals surface area (Å²) in [6.07, 6.45) is 0. The van der Waals surface area contributed by atoms with Crippen LogP contribution < -0.4 is 10.8 Å². The van der Waals surface area contributed by atoms with E-state index in [1.54, 1.807) is 0 Å². The fraction of sp³-hybridized carbons (Fsp3) is 0. The lowest BCUT2D eigenvalue weighted by Gasteiger charge is -1.83. The van der Waals surface area contributed by atoms with Crippen LogP contribution in [0.4, 0.5) is 5.69 Å². The number of hydrogen-bond donors (Lipinski definition) is 2. The average molecular weight is 135 g/mol. The van der Waals surface area contributed by atoms with E-state index in [-0.39, 0.29) is 0 Å². The highest BCUT2D eigenvalue weighted by molar-refractivity contribution is 5.74. The van der Waals surface area contributed by atoms with Gasteiger partial charge in [0.05, 0.1) is 0 Å². The molecule has 0 bridgehead atoms. The van der Waals surface area contributed by atoms with E-state index >= 15 is 0 Å². The topological polar surface area (TPSA) is 68.8 Å². The minimum absolute atomic E-state index is 0.730. The average Bonchev–Trinajstić information content (AvgIpc) is 2.33. The van der Waals surface area contributed by atoms with Crippen molar-refractivity contribution in [1.29, 1.82) is 0 Å². The van der Waals surface area contributed by atoms with Gasteiger partial charge in [-0.25, -0.2) is 0 Å². The van der Waals surface area contributed by atoms with Gasteiger partial charge in [0.2, 0.25) is 0 Å². The van der Waals surface area contributed by atoms with Crippen molar-refractivity contribution in [3.8, 4) is 0 Å². The monoisotopic (exact) mass is 135 g/mol. The number of nitrogens with two attached hydrogens (primary N) is 1. The molecule has 0 amide bonds. The van der Waals surface area contributed by atoms with Gasteiger partial charge in [-0.15, -0.1) is 0 Å². The summed E-state index contributed by atoms with van der Waals surface area (Å²) in [5, 5.41) is 9.41. The molecule has 0 spiro atoms. The van der Waals surface area contributed by atoms with E-state index in [0.29, 0.717) is 0 Å². The quantitative estimate of drug-likeness (QED) is 0.497. The second kappa shape index (κ2) is 1.70. The summed E-state index contributed by atoms with van der Waals surface area (Å²) in [7, 11) is 0. The van der Waals surface area contributed by atoms with Gasteiger partial charge in [-0.2, -0.15) is 5.10 Å². The van der Waals surface area contributed by atoms with Crippen LogP contribution in [0, 0.1) is 0 Å². The Bertz CT molecular complexity index is 351. The molecule has 50 valence electrons. The van der Waals surface area contributed by atoms with Gasteiger partial charge in [-0.1, -0.05) is 5.21 Å². The van der Waals surface area contributed by atoms with E-state index in [1.165, 1.54) is 0 Å². The number of hydrogen-bond acceptors (Lipinski definition) is 2. The number of nitrogens with zero attached hydrogens (tertiary/aromatic N) is 1. The molecule has 4 nitrogen and oxygen atoms in total. The molecular formula is C6H7N4+. The molecule has 2 rings (SSSR count). The van der Waals surface area contributed by atoms with Crippen LogP contribution in [0.5, 0.6) is 0 Å². The number of aromatic nitrogens is 3. The second-order valence-electron chi connectivity index (χ2n) is 2.13. The highest BCUT2D eigenvalue weighted by Crippen LogP contribution is 2.08. The first-order valence-electron chi connectivity index (χ1n) is 2.97. The van der Waals surface area contributed by atoms with Gasteiger partial charge in [-0.3, -0.25) is 0 Å². The molecule has 0 fully saturated rings. The summed E-state index contributed by atoms with van der Waals surface area (Å²) in [5.74, 6) is 0. The summed E-state index contributed by atoms with van der Waals surface area (Å²) >= 11 is 0. The van der Waals surface area contributed by atoms with Crippen molar-refractivity contribution in [3.05, 3.63) is 18.2 Å². The van der Waals surface area contributed by atoms with Gasteiger partial charge in [0.25, 0.3) is 5.52 Å². The van der Waals surface area contributed by atoms with Crippen LogP contribution in [-0.2, 0) is 0 Å². The van der Waals surface area contributed by atoms with Crippen LogP contribution in [-0.4, -0.2) is 10.3 Å². The number of H-pyrrole nitrogens is 2. The zero-order valence-electron chi connectivity index (χ0n) is 5.26. The summed E-state index contributed by atoms with van der Waals surface area (Å²) in [5.41, 5.74) is 8.07. The van der Waals surface area contributed by atoms with Crippen molar-refractivity contribution in [2.75, 3.05) is 5.73 Å². The van der Waals surface area contributed by atoms with E-state index in [4.69, 9.17) is 5.73 Å². The standard InChI is InChI=1S/C6H6N4/c7-4-1-2-5-6(3-4)9-10-8-5/h1-3H,7H2,(H,8,9,10)/p+1. The summed E-state index contributed by atoms with van der Waals surface area (Å²) in [4.78, 5) is 0. The van der Waals surface area contributed by atoms with Crippen LogP contribution in [0.25, 0.3) is 11.0 Å². The van der Waals surface area contributed by atoms with Gasteiger partial charge in [-0.05, 0) is 12.1 Å². The Hall–Kier alpha value is -1.58. The zero-order chi connectivity index (χ0) is 6.97. The Kier molecular flexibility index (Phi) is 0.887. The Labute approximate surface area is 57.0 Å². The molecule has 10 heavy (non-hydrogen) atoms. The van der Waals surface area contributed by atoms with E-state index in [2.05, 4.69) is 15.4 Å². The molecule has 0 unspecified atom stereocenters. The first-order valence-corrected chi connectivity index (χ1v) is 2.97. The maximum absolute atomic E-state index is 5.52. The van der Waals surface area contributed by atoms with E-state index in [0.717, 1.165) is 16.7 Å². The van der Waals surface area contributed by atoms with Gasteiger partial charge >= 0.3 is 0 Å². The summed E-state index contributed by atoms with van der Waals surface area (Å²) in [6.45, 7) is 0. The summed E-state index contributed by atoms with van der Waals surface area (Å²) in [6, 6.07) is 5.52. The Balaban J connectivity index is 2.86. The number of rotatable bonds is 0. The molecular weight excluding hydrogens is 128 g/mol. The Morgan fingerprint density at radius 1 is 1.50 bits per heavy atom. The lowest BCUT2D eigenvalue weighted by molar-refractivity contribution is -0.427. The van der Waals surface area contributed by atoms with Crippen molar-refractivity contribution in [3.63, 3.8) is 0 Å². The number of aromatic amines is 2. The predicted octanol–water partition coefficient (Wildman–Crippen LogP) is -0.0408. The largest absolute Gasteiger partial charge is 0.399 e. The van der Waals surface area contributed by atoms with Crippen LogP contribution in [0.1, 0.15) is 0 Å². The molecule has 1 aromatic heterocycles. The molecule has 2 aromatic rings. The third kappa shape index (κ3) is 0.621. The molecule has 4 heteroatoms. The number of benzene rings is 1. The van der Waals surface area contributed by atoms with E-state index < -0.39 is 0 Å². The maximum atomic E-state index is 5.52. The van der Waals surface area contributed by atoms with E-state index in [9.17, 15) is 0 Å². The molecule has 0 saturated heterocycles. The van der Waals surface area contributed by atoms with Crippen LogP contribution in [0.2, 0.25) is 0 Å². The van der Waals surface area contributed by atoms with Gasteiger partial charge in [0, 0.05) is 16.9 Å². The molecule has 0 aliphatic heterocycles. The van der Waals surface area contributed by atoms with E-state index in [1.807, 2.05) is 18.2 Å². The van der Waals surface area contributed by atoms with Crippen molar-refractivity contribution < 1.29 is 5.10 Å². The number of nitrogens with one attached hydrogen (secondary N) is 2. The van der Waals surface area contributed by atoms with Gasteiger partial charge in [0.15, 0.2) is 5.52 Å². The lowest BCUT2D eigenvalue weighted by atomic mass is 10.3. The molecule has 0 radical (unpaired) electrons. The predicted molar refractivity (Wildman–Crippen MR) is 37.1 cm³/mol. The lowest BCUT2D eigenvalue weighted by Crippen LogP contribution is -2.00. The molecule has 0 atom stereocenters. The second-order valence-corrected chi connectivity index (χ2v) is 2.13. The zero-order valence-corrected chi connectivity index (χ0v) is 5.26. The molecule has 0 saturated carbocycles. The van der Waals surface area contributed by atoms with Gasteiger partial charge in [0.1, 0.15) is 0 Å². The molecule has 4 N–H and O–H groups in total. The third-order valence-electron chi connectivity index (χ3n) is 1.39. The minimum Gasteiger partial charge on any atom is -0.399 e. The summed E-state index contributed by atoms with van der Waals surface area (Å²) < 4.78 is 0. The number of anilines is 1. The normalized spacial score (nSPS) is 10.4. The highest BCUT2D eigenvalue weighted by atomic mass is 15.3. The molecule has 0 aliphatic rings. The van der Waals surface area contributed by atoms with Crippen LogP contribution in [0.3, 0.4) is 0 Å². The fourth-order valence-corrected chi connectivity index (χ4v) is 0.895. The number of fused-ring (bicyclic) bond motifs is 1. The first-order chi connectivity index (χ1) is 4.86. The number of nitrogen functional groups attached to an aromatic ring is 1. The Morgan fingerprint density at radius 3 is 3.30 bits per heavy atom. The first kappa shape index (κ1) is 5.22. The third-order valence-corrected chi connectivity index (χ3v) is 1.39. The SMILES string of the molecule is Nc1ccc2[nH+][nH]nc2c1. The van der Waals surface area contributed by atoms with Gasteiger partial charge < -0.3 is 5.73 Å².